The monoisotopic (exact) mass is 293 g/mol. The molecule has 0 saturated heterocycles. The highest BCUT2D eigenvalue weighted by atomic mass is 14.9. The Balaban J connectivity index is 1.69. The molecule has 2 nitrogen and oxygen atoms in total. The Morgan fingerprint density at radius 1 is 1.00 bits per heavy atom. The van der Waals surface area contributed by atoms with Gasteiger partial charge in [-0.05, 0) is 62.0 Å². The van der Waals surface area contributed by atoms with Crippen LogP contribution in [0, 0.1) is 6.42 Å². The van der Waals surface area contributed by atoms with Gasteiger partial charge < -0.3 is 0 Å². The normalized spacial score (nSPS) is 15.9. The van der Waals surface area contributed by atoms with Crippen molar-refractivity contribution in [2.24, 2.45) is 0 Å². The van der Waals surface area contributed by atoms with Gasteiger partial charge in [-0.2, -0.15) is 0 Å². The van der Waals surface area contributed by atoms with Gasteiger partial charge in [-0.1, -0.05) is 37.6 Å². The van der Waals surface area contributed by atoms with Crippen molar-refractivity contribution in [3.63, 3.8) is 0 Å². The Labute approximate surface area is 134 Å². The number of unbranched alkanes of at least 4 members (excludes halogenated alkanes) is 1. The molecular weight excluding hydrogens is 268 g/mol. The molecule has 115 valence electrons. The lowest BCUT2D eigenvalue weighted by Crippen LogP contribution is -2.04. The summed E-state index contributed by atoms with van der Waals surface area (Å²) in [6.45, 7) is 2.21. The first-order chi connectivity index (χ1) is 10.9. The van der Waals surface area contributed by atoms with Gasteiger partial charge in [0, 0.05) is 18.0 Å². The number of aromatic nitrogens is 2. The maximum Gasteiger partial charge on any atom is 0.159 e. The first-order valence-electron chi connectivity index (χ1n) is 8.59. The van der Waals surface area contributed by atoms with Crippen LogP contribution < -0.4 is 0 Å². The Morgan fingerprint density at radius 3 is 2.32 bits per heavy atom. The highest BCUT2D eigenvalue weighted by Crippen LogP contribution is 2.32. The summed E-state index contributed by atoms with van der Waals surface area (Å²) in [4.78, 5) is 9.06. The van der Waals surface area contributed by atoms with Gasteiger partial charge in [0.1, 0.15) is 0 Å². The zero-order valence-corrected chi connectivity index (χ0v) is 13.5. The molecule has 1 heterocycles. The van der Waals surface area contributed by atoms with Gasteiger partial charge in [0.25, 0.3) is 0 Å². The Bertz CT molecular complexity index is 566. The Hall–Kier alpha value is -1.70. The topological polar surface area (TPSA) is 25.8 Å². The van der Waals surface area contributed by atoms with Crippen molar-refractivity contribution in [2.45, 2.75) is 57.8 Å². The number of nitrogens with zero attached hydrogens (tertiary/aromatic N) is 2. The van der Waals surface area contributed by atoms with E-state index in [1.165, 1.54) is 49.7 Å². The van der Waals surface area contributed by atoms with Crippen molar-refractivity contribution in [1.82, 2.24) is 9.97 Å². The molecule has 1 aromatic heterocycles. The van der Waals surface area contributed by atoms with E-state index in [-0.39, 0.29) is 0 Å². The predicted molar refractivity (Wildman–Crippen MR) is 91.6 cm³/mol. The molecule has 3 rings (SSSR count). The van der Waals surface area contributed by atoms with Crippen LogP contribution in [0.15, 0.2) is 36.7 Å². The second-order valence-electron chi connectivity index (χ2n) is 6.28. The van der Waals surface area contributed by atoms with Crippen LogP contribution in [0.2, 0.25) is 0 Å². The molecule has 0 spiro atoms. The van der Waals surface area contributed by atoms with E-state index in [1.807, 2.05) is 12.4 Å². The van der Waals surface area contributed by atoms with Crippen LogP contribution >= 0.6 is 0 Å². The van der Waals surface area contributed by atoms with Crippen molar-refractivity contribution >= 4 is 0 Å². The van der Waals surface area contributed by atoms with Gasteiger partial charge in [0.2, 0.25) is 0 Å². The lowest BCUT2D eigenvalue weighted by atomic mass is 9.84. The van der Waals surface area contributed by atoms with Crippen molar-refractivity contribution in [3.8, 4) is 11.4 Å². The summed E-state index contributed by atoms with van der Waals surface area (Å²) in [5, 5.41) is 0. The molecular formula is C20H25N2. The minimum atomic E-state index is 0.733. The maximum absolute atomic E-state index is 4.53. The fourth-order valence-electron chi connectivity index (χ4n) is 3.18. The summed E-state index contributed by atoms with van der Waals surface area (Å²) in [5.41, 5.74) is 3.82. The van der Waals surface area contributed by atoms with E-state index in [0.29, 0.717) is 0 Å². The van der Waals surface area contributed by atoms with Crippen molar-refractivity contribution in [3.05, 3.63) is 54.2 Å². The summed E-state index contributed by atoms with van der Waals surface area (Å²) < 4.78 is 0. The molecule has 2 aromatic rings. The molecule has 1 aliphatic rings. The van der Waals surface area contributed by atoms with E-state index in [4.69, 9.17) is 0 Å². The summed E-state index contributed by atoms with van der Waals surface area (Å²) in [6, 6.07) is 8.88. The van der Waals surface area contributed by atoms with Crippen LogP contribution in [-0.4, -0.2) is 9.97 Å². The SMILES string of the molecule is CCCCc1cnc(-c2ccc(C3CC[CH]CC3)cc2)nc1. The molecule has 1 saturated carbocycles. The van der Waals surface area contributed by atoms with Crippen LogP contribution in [0.3, 0.4) is 0 Å². The van der Waals surface area contributed by atoms with Gasteiger partial charge >= 0.3 is 0 Å². The third-order valence-electron chi connectivity index (χ3n) is 4.60. The smallest absolute Gasteiger partial charge is 0.159 e. The van der Waals surface area contributed by atoms with E-state index < -0.39 is 0 Å². The third-order valence-corrected chi connectivity index (χ3v) is 4.60. The summed E-state index contributed by atoms with van der Waals surface area (Å²) in [6.07, 6.45) is 15.0. The van der Waals surface area contributed by atoms with Gasteiger partial charge in [0.05, 0.1) is 0 Å². The molecule has 0 atom stereocenters. The van der Waals surface area contributed by atoms with E-state index in [1.54, 1.807) is 0 Å². The number of hydrogen-bond donors (Lipinski definition) is 0. The zero-order chi connectivity index (χ0) is 15.2. The van der Waals surface area contributed by atoms with Gasteiger partial charge in [-0.25, -0.2) is 9.97 Å². The second-order valence-corrected chi connectivity index (χ2v) is 6.28. The van der Waals surface area contributed by atoms with Crippen molar-refractivity contribution < 1.29 is 0 Å². The van der Waals surface area contributed by atoms with Gasteiger partial charge in [-0.15, -0.1) is 0 Å². The number of aryl methyl sites for hydroxylation is 1. The number of hydrogen-bond acceptors (Lipinski definition) is 2. The average Bonchev–Trinajstić information content (AvgIpc) is 2.61. The fourth-order valence-corrected chi connectivity index (χ4v) is 3.18. The molecule has 1 aromatic carbocycles. The Morgan fingerprint density at radius 2 is 1.68 bits per heavy atom. The van der Waals surface area contributed by atoms with E-state index in [2.05, 4.69) is 47.6 Å². The van der Waals surface area contributed by atoms with Crippen LogP contribution in [-0.2, 0) is 6.42 Å². The van der Waals surface area contributed by atoms with Gasteiger partial charge in [0.15, 0.2) is 5.82 Å². The molecule has 0 unspecified atom stereocenters. The summed E-state index contributed by atoms with van der Waals surface area (Å²) >= 11 is 0. The summed E-state index contributed by atoms with van der Waals surface area (Å²) in [5.74, 6) is 1.57. The minimum Gasteiger partial charge on any atom is -0.236 e. The lowest BCUT2D eigenvalue weighted by Gasteiger charge is -2.21. The molecule has 22 heavy (non-hydrogen) atoms. The molecule has 1 fully saturated rings. The van der Waals surface area contributed by atoms with E-state index in [9.17, 15) is 0 Å². The van der Waals surface area contributed by atoms with E-state index >= 15 is 0 Å². The first kappa shape index (κ1) is 15.2. The number of benzene rings is 1. The number of rotatable bonds is 5. The molecule has 0 aliphatic heterocycles. The van der Waals surface area contributed by atoms with Crippen molar-refractivity contribution in [2.75, 3.05) is 0 Å². The summed E-state index contributed by atoms with van der Waals surface area (Å²) in [7, 11) is 0. The first-order valence-corrected chi connectivity index (χ1v) is 8.59. The molecule has 1 radical (unpaired) electrons. The quantitative estimate of drug-likeness (QED) is 0.742. The molecule has 0 bridgehead atoms. The van der Waals surface area contributed by atoms with Crippen LogP contribution in [0.25, 0.3) is 11.4 Å². The minimum absolute atomic E-state index is 0.733. The van der Waals surface area contributed by atoms with E-state index in [0.717, 1.165) is 23.7 Å². The molecule has 2 heteroatoms. The maximum atomic E-state index is 4.53. The second kappa shape index (κ2) is 7.53. The standard InChI is InChI=1S/C20H25N2/c1-2-3-7-16-14-21-20(22-15-16)19-12-10-18(11-13-19)17-8-5-4-6-9-17/h4,10-15,17H,2-3,5-9H2,1H3. The zero-order valence-electron chi connectivity index (χ0n) is 13.5. The predicted octanol–water partition coefficient (Wildman–Crippen LogP) is 5.35. The van der Waals surface area contributed by atoms with Crippen LogP contribution in [0.5, 0.6) is 0 Å². The van der Waals surface area contributed by atoms with Gasteiger partial charge in [-0.3, -0.25) is 0 Å². The average molecular weight is 293 g/mol. The highest BCUT2D eigenvalue weighted by Gasteiger charge is 2.15. The van der Waals surface area contributed by atoms with Crippen molar-refractivity contribution in [1.29, 1.82) is 0 Å². The molecule has 0 amide bonds. The highest BCUT2D eigenvalue weighted by molar-refractivity contribution is 5.55. The molecule has 1 aliphatic carbocycles. The molecule has 0 N–H and O–H groups in total. The van der Waals surface area contributed by atoms with Crippen LogP contribution in [0.4, 0.5) is 0 Å². The van der Waals surface area contributed by atoms with Crippen LogP contribution in [0.1, 0.15) is 62.5 Å². The third kappa shape index (κ3) is 3.73. The largest absolute Gasteiger partial charge is 0.236 e. The lowest BCUT2D eigenvalue weighted by molar-refractivity contribution is 0.512. The Kier molecular flexibility index (Phi) is 5.20. The fraction of sp³-hybridized carbons (Fsp3) is 0.450.